The first-order chi connectivity index (χ1) is 8.01. The van der Waals surface area contributed by atoms with Crippen LogP contribution < -0.4 is 16.0 Å². The molecule has 0 aliphatic heterocycles. The van der Waals surface area contributed by atoms with Gasteiger partial charge in [-0.05, 0) is 19.1 Å². The highest BCUT2D eigenvalue weighted by Crippen LogP contribution is 2.19. The second-order valence-corrected chi connectivity index (χ2v) is 5.30. The quantitative estimate of drug-likeness (QED) is 0.504. The number of methoxy groups -OCH3 is 1. The van der Waals surface area contributed by atoms with Crippen LogP contribution in [0.25, 0.3) is 0 Å². The maximum Gasteiger partial charge on any atom is 0.242 e. The summed E-state index contributed by atoms with van der Waals surface area (Å²) in [4.78, 5) is 0.116. The lowest BCUT2D eigenvalue weighted by Gasteiger charge is -2.15. The molecule has 0 aliphatic rings. The molecule has 0 radical (unpaired) electrons. The van der Waals surface area contributed by atoms with E-state index in [1.807, 2.05) is 0 Å². The second-order valence-electron chi connectivity index (χ2n) is 3.62. The predicted molar refractivity (Wildman–Crippen MR) is 65.9 cm³/mol. The SMILES string of the molecule is COCC(C)NS(=O)(=O)c1ccccc1NN. The third kappa shape index (κ3) is 3.67. The summed E-state index contributed by atoms with van der Waals surface area (Å²) in [6.45, 7) is 2.02. The number of benzene rings is 1. The number of hydrazine groups is 1. The molecule has 1 aromatic rings. The van der Waals surface area contributed by atoms with E-state index in [0.717, 1.165) is 0 Å². The average molecular weight is 259 g/mol. The molecule has 7 heteroatoms. The summed E-state index contributed by atoms with van der Waals surface area (Å²) in [5, 5.41) is 0. The molecule has 0 fully saturated rings. The molecule has 0 saturated heterocycles. The summed E-state index contributed by atoms with van der Waals surface area (Å²) in [6, 6.07) is 6.10. The second kappa shape index (κ2) is 5.97. The minimum absolute atomic E-state index is 0.116. The smallest absolute Gasteiger partial charge is 0.242 e. The molecular weight excluding hydrogens is 242 g/mol. The Morgan fingerprint density at radius 3 is 2.65 bits per heavy atom. The van der Waals surface area contributed by atoms with Gasteiger partial charge in [-0.25, -0.2) is 13.1 Å². The van der Waals surface area contributed by atoms with Crippen LogP contribution in [0.1, 0.15) is 6.92 Å². The van der Waals surface area contributed by atoms with Crippen LogP contribution in [-0.4, -0.2) is 28.2 Å². The van der Waals surface area contributed by atoms with Crippen LogP contribution in [0.2, 0.25) is 0 Å². The van der Waals surface area contributed by atoms with Gasteiger partial charge in [0.25, 0.3) is 0 Å². The van der Waals surface area contributed by atoms with Gasteiger partial charge in [0.15, 0.2) is 0 Å². The minimum atomic E-state index is -3.60. The summed E-state index contributed by atoms with van der Waals surface area (Å²) in [7, 11) is -2.08. The van der Waals surface area contributed by atoms with E-state index in [2.05, 4.69) is 10.1 Å². The molecule has 0 aliphatic carbocycles. The van der Waals surface area contributed by atoms with Gasteiger partial charge in [0.2, 0.25) is 10.0 Å². The van der Waals surface area contributed by atoms with Crippen LogP contribution in [0.4, 0.5) is 5.69 Å². The van der Waals surface area contributed by atoms with E-state index >= 15 is 0 Å². The van der Waals surface area contributed by atoms with Gasteiger partial charge >= 0.3 is 0 Å². The molecule has 0 spiro atoms. The van der Waals surface area contributed by atoms with Crippen molar-refractivity contribution in [3.8, 4) is 0 Å². The van der Waals surface area contributed by atoms with E-state index in [1.54, 1.807) is 25.1 Å². The maximum atomic E-state index is 12.0. The molecule has 0 saturated carbocycles. The van der Waals surface area contributed by atoms with Gasteiger partial charge in [0.1, 0.15) is 4.90 Å². The van der Waals surface area contributed by atoms with Gasteiger partial charge < -0.3 is 10.2 Å². The van der Waals surface area contributed by atoms with Crippen molar-refractivity contribution in [3.05, 3.63) is 24.3 Å². The molecule has 17 heavy (non-hydrogen) atoms. The number of ether oxygens (including phenoxy) is 1. The third-order valence-corrected chi connectivity index (χ3v) is 3.75. The normalized spacial score (nSPS) is 13.4. The molecule has 1 unspecified atom stereocenters. The third-order valence-electron chi connectivity index (χ3n) is 2.11. The molecule has 1 aromatic carbocycles. The van der Waals surface area contributed by atoms with Crippen LogP contribution >= 0.6 is 0 Å². The number of hydrogen-bond acceptors (Lipinski definition) is 5. The number of sulfonamides is 1. The molecule has 0 aromatic heterocycles. The van der Waals surface area contributed by atoms with Crippen molar-refractivity contribution >= 4 is 15.7 Å². The fourth-order valence-electron chi connectivity index (χ4n) is 1.43. The van der Waals surface area contributed by atoms with Crippen molar-refractivity contribution in [3.63, 3.8) is 0 Å². The number of rotatable bonds is 6. The molecule has 96 valence electrons. The zero-order chi connectivity index (χ0) is 12.9. The van der Waals surface area contributed by atoms with Crippen molar-refractivity contribution in [2.75, 3.05) is 19.1 Å². The summed E-state index contributed by atoms with van der Waals surface area (Å²) in [5.74, 6) is 5.27. The lowest BCUT2D eigenvalue weighted by molar-refractivity contribution is 0.180. The Bertz CT molecular complexity index is 462. The summed E-state index contributed by atoms with van der Waals surface area (Å²) >= 11 is 0. The highest BCUT2D eigenvalue weighted by Gasteiger charge is 2.20. The Kier molecular flexibility index (Phi) is 4.88. The highest BCUT2D eigenvalue weighted by atomic mass is 32.2. The first kappa shape index (κ1) is 13.9. The summed E-state index contributed by atoms with van der Waals surface area (Å²) in [6.07, 6.45) is 0. The molecule has 1 atom stereocenters. The van der Waals surface area contributed by atoms with Crippen molar-refractivity contribution in [1.29, 1.82) is 0 Å². The molecule has 0 bridgehead atoms. The molecular formula is C10H17N3O3S. The van der Waals surface area contributed by atoms with Crippen LogP contribution in [0.3, 0.4) is 0 Å². The fraction of sp³-hybridized carbons (Fsp3) is 0.400. The van der Waals surface area contributed by atoms with Crippen molar-refractivity contribution in [2.45, 2.75) is 17.9 Å². The largest absolute Gasteiger partial charge is 0.383 e. The molecule has 0 amide bonds. The van der Waals surface area contributed by atoms with E-state index in [0.29, 0.717) is 12.3 Å². The van der Waals surface area contributed by atoms with Gasteiger partial charge in [-0.3, -0.25) is 5.84 Å². The van der Waals surface area contributed by atoms with E-state index in [1.165, 1.54) is 13.2 Å². The Labute approximate surface area is 101 Å². The van der Waals surface area contributed by atoms with Crippen molar-refractivity contribution in [1.82, 2.24) is 4.72 Å². The summed E-state index contributed by atoms with van der Waals surface area (Å²) in [5.41, 5.74) is 2.71. The Morgan fingerprint density at radius 1 is 1.41 bits per heavy atom. The lowest BCUT2D eigenvalue weighted by Crippen LogP contribution is -2.36. The maximum absolute atomic E-state index is 12.0. The van der Waals surface area contributed by atoms with Crippen molar-refractivity contribution in [2.24, 2.45) is 5.84 Å². The van der Waals surface area contributed by atoms with Crippen molar-refractivity contribution < 1.29 is 13.2 Å². The Hall–Kier alpha value is -1.15. The van der Waals surface area contributed by atoms with Crippen LogP contribution in [0.15, 0.2) is 29.2 Å². The monoisotopic (exact) mass is 259 g/mol. The number of hydrogen-bond donors (Lipinski definition) is 3. The van der Waals surface area contributed by atoms with Crippen LogP contribution in [-0.2, 0) is 14.8 Å². The van der Waals surface area contributed by atoms with Gasteiger partial charge in [0.05, 0.1) is 12.3 Å². The van der Waals surface area contributed by atoms with Crippen LogP contribution in [0.5, 0.6) is 0 Å². The zero-order valence-electron chi connectivity index (χ0n) is 9.80. The van der Waals surface area contributed by atoms with Crippen LogP contribution in [0, 0.1) is 0 Å². The first-order valence-corrected chi connectivity index (χ1v) is 6.56. The zero-order valence-corrected chi connectivity index (χ0v) is 10.6. The van der Waals surface area contributed by atoms with E-state index in [9.17, 15) is 8.42 Å². The molecule has 0 heterocycles. The van der Waals surface area contributed by atoms with Gasteiger partial charge in [0, 0.05) is 13.2 Å². The minimum Gasteiger partial charge on any atom is -0.383 e. The van der Waals surface area contributed by atoms with E-state index in [-0.39, 0.29) is 10.9 Å². The van der Waals surface area contributed by atoms with Gasteiger partial charge in [-0.2, -0.15) is 0 Å². The number of nitrogens with one attached hydrogen (secondary N) is 2. The number of nitrogen functional groups attached to an aromatic ring is 1. The van der Waals surface area contributed by atoms with E-state index < -0.39 is 10.0 Å². The van der Waals surface area contributed by atoms with Gasteiger partial charge in [-0.15, -0.1) is 0 Å². The molecule has 1 rings (SSSR count). The van der Waals surface area contributed by atoms with Gasteiger partial charge in [-0.1, -0.05) is 12.1 Å². The number of anilines is 1. The Morgan fingerprint density at radius 2 is 2.06 bits per heavy atom. The first-order valence-electron chi connectivity index (χ1n) is 5.08. The van der Waals surface area contributed by atoms with E-state index in [4.69, 9.17) is 10.6 Å². The topological polar surface area (TPSA) is 93.4 Å². The molecule has 6 nitrogen and oxygen atoms in total. The molecule has 4 N–H and O–H groups in total. The Balaban J connectivity index is 2.97. The predicted octanol–water partition coefficient (Wildman–Crippen LogP) is 0.285. The lowest BCUT2D eigenvalue weighted by atomic mass is 10.3. The fourth-order valence-corrected chi connectivity index (χ4v) is 2.83. The number of para-hydroxylation sites is 1. The highest BCUT2D eigenvalue weighted by molar-refractivity contribution is 7.89. The average Bonchev–Trinajstić information content (AvgIpc) is 2.28. The summed E-state index contributed by atoms with van der Waals surface area (Å²) < 4.78 is 31.4. The standard InChI is InChI=1S/C10H17N3O3S/c1-8(7-16-2)13-17(14,15)10-6-4-3-5-9(10)12-11/h3-6,8,12-13H,7,11H2,1-2H3. The number of nitrogens with two attached hydrogens (primary N) is 1.